The molecule has 0 aliphatic heterocycles. The highest BCUT2D eigenvalue weighted by atomic mass is 16.5. The van der Waals surface area contributed by atoms with Crippen molar-refractivity contribution in [2.75, 3.05) is 32.1 Å². The zero-order valence-corrected chi connectivity index (χ0v) is 12.3. The van der Waals surface area contributed by atoms with E-state index in [0.29, 0.717) is 31.0 Å². The number of rotatable bonds is 6. The third kappa shape index (κ3) is 2.67. The van der Waals surface area contributed by atoms with Crippen LogP contribution in [0.2, 0.25) is 0 Å². The fourth-order valence-corrected chi connectivity index (χ4v) is 3.81. The van der Waals surface area contributed by atoms with Crippen LogP contribution in [0.4, 0.5) is 5.95 Å². The maximum absolute atomic E-state index is 9.32. The number of aromatic nitrogens is 2. The van der Waals surface area contributed by atoms with E-state index in [1.165, 1.54) is 25.7 Å². The summed E-state index contributed by atoms with van der Waals surface area (Å²) in [5, 5.41) is 13.3. The van der Waals surface area contributed by atoms with E-state index in [9.17, 15) is 5.11 Å². The van der Waals surface area contributed by atoms with E-state index >= 15 is 0 Å². The van der Waals surface area contributed by atoms with Crippen LogP contribution in [0, 0.1) is 11.8 Å². The lowest BCUT2D eigenvalue weighted by Crippen LogP contribution is -2.40. The standard InChI is InChI=1S/C14H24N4O2/c1-17(2)14-15-13(20-16-14)9-18(5-6-19)12-8-10-3-4-11(12)7-10/h10-12,19H,3-9H2,1-2H3/t10-,11-,12-/m0/s1. The molecule has 0 amide bonds. The number of anilines is 1. The third-order valence-corrected chi connectivity index (χ3v) is 4.75. The number of aliphatic hydroxyl groups is 1. The summed E-state index contributed by atoms with van der Waals surface area (Å²) in [5.41, 5.74) is 0. The predicted octanol–water partition coefficient (Wildman–Crippen LogP) is 1.12. The number of nitrogens with zero attached hydrogens (tertiary/aromatic N) is 4. The lowest BCUT2D eigenvalue weighted by molar-refractivity contribution is 0.0953. The molecule has 112 valence electrons. The van der Waals surface area contributed by atoms with E-state index in [0.717, 1.165) is 11.8 Å². The fourth-order valence-electron chi connectivity index (χ4n) is 3.81. The molecular formula is C14H24N4O2. The van der Waals surface area contributed by atoms with Gasteiger partial charge < -0.3 is 14.5 Å². The molecule has 6 nitrogen and oxygen atoms in total. The molecule has 2 saturated carbocycles. The average Bonchev–Trinajstić information content (AvgIpc) is 3.14. The van der Waals surface area contributed by atoms with E-state index < -0.39 is 0 Å². The lowest BCUT2D eigenvalue weighted by Gasteiger charge is -2.33. The van der Waals surface area contributed by atoms with Gasteiger partial charge in [0.25, 0.3) is 5.95 Å². The maximum atomic E-state index is 9.32. The van der Waals surface area contributed by atoms with E-state index in [-0.39, 0.29) is 6.61 Å². The molecule has 2 fully saturated rings. The van der Waals surface area contributed by atoms with Crippen molar-refractivity contribution in [1.29, 1.82) is 0 Å². The zero-order valence-electron chi connectivity index (χ0n) is 12.3. The molecule has 0 unspecified atom stereocenters. The maximum Gasteiger partial charge on any atom is 0.265 e. The molecule has 20 heavy (non-hydrogen) atoms. The normalized spacial score (nSPS) is 28.5. The molecule has 0 spiro atoms. The van der Waals surface area contributed by atoms with Crippen LogP contribution >= 0.6 is 0 Å². The van der Waals surface area contributed by atoms with Crippen LogP contribution in [0.15, 0.2) is 4.52 Å². The Bertz CT molecular complexity index is 448. The van der Waals surface area contributed by atoms with Crippen molar-refractivity contribution in [1.82, 2.24) is 15.0 Å². The van der Waals surface area contributed by atoms with Crippen molar-refractivity contribution in [2.24, 2.45) is 11.8 Å². The minimum atomic E-state index is 0.183. The summed E-state index contributed by atoms with van der Waals surface area (Å²) >= 11 is 0. The summed E-state index contributed by atoms with van der Waals surface area (Å²) in [7, 11) is 3.80. The Kier molecular flexibility index (Phi) is 3.94. The molecule has 0 radical (unpaired) electrons. The molecule has 6 heteroatoms. The van der Waals surface area contributed by atoms with Gasteiger partial charge >= 0.3 is 0 Å². The number of aliphatic hydroxyl groups excluding tert-OH is 1. The first-order chi connectivity index (χ1) is 9.67. The smallest absolute Gasteiger partial charge is 0.265 e. The van der Waals surface area contributed by atoms with Crippen LogP contribution in [-0.2, 0) is 6.54 Å². The average molecular weight is 280 g/mol. The topological polar surface area (TPSA) is 65.6 Å². The minimum Gasteiger partial charge on any atom is -0.395 e. The molecule has 0 saturated heterocycles. The summed E-state index contributed by atoms with van der Waals surface area (Å²) < 4.78 is 5.32. The van der Waals surface area contributed by atoms with Gasteiger partial charge in [-0.05, 0) is 36.3 Å². The lowest BCUT2D eigenvalue weighted by atomic mass is 9.94. The highest BCUT2D eigenvalue weighted by Crippen LogP contribution is 2.46. The molecule has 1 heterocycles. The first kappa shape index (κ1) is 13.8. The molecular weight excluding hydrogens is 256 g/mol. The first-order valence-electron chi connectivity index (χ1n) is 7.52. The van der Waals surface area contributed by atoms with Crippen LogP contribution in [-0.4, -0.2) is 53.4 Å². The molecule has 2 bridgehead atoms. The molecule has 0 aromatic carbocycles. The van der Waals surface area contributed by atoms with Gasteiger partial charge in [-0.1, -0.05) is 6.42 Å². The van der Waals surface area contributed by atoms with E-state index in [2.05, 4.69) is 15.0 Å². The van der Waals surface area contributed by atoms with Gasteiger partial charge in [-0.25, -0.2) is 0 Å². The third-order valence-electron chi connectivity index (χ3n) is 4.75. The van der Waals surface area contributed by atoms with Crippen molar-refractivity contribution in [3.63, 3.8) is 0 Å². The van der Waals surface area contributed by atoms with Crippen LogP contribution in [0.25, 0.3) is 0 Å². The molecule has 3 atom stereocenters. The van der Waals surface area contributed by atoms with Crippen molar-refractivity contribution < 1.29 is 9.63 Å². The molecule has 3 rings (SSSR count). The van der Waals surface area contributed by atoms with E-state index in [1.807, 2.05) is 19.0 Å². The number of hydrogen-bond donors (Lipinski definition) is 1. The van der Waals surface area contributed by atoms with Crippen molar-refractivity contribution in [2.45, 2.75) is 38.3 Å². The van der Waals surface area contributed by atoms with Gasteiger partial charge in [0.05, 0.1) is 13.2 Å². The Hall–Kier alpha value is -1.14. The Balaban J connectivity index is 1.67. The summed E-state index contributed by atoms with van der Waals surface area (Å²) in [6, 6.07) is 0.579. The van der Waals surface area contributed by atoms with Crippen LogP contribution < -0.4 is 4.90 Å². The summed E-state index contributed by atoms with van der Waals surface area (Å²) in [5.74, 6) is 2.94. The van der Waals surface area contributed by atoms with Crippen molar-refractivity contribution in [3.8, 4) is 0 Å². The van der Waals surface area contributed by atoms with Crippen LogP contribution in [0.3, 0.4) is 0 Å². The molecule has 1 aromatic rings. The van der Waals surface area contributed by atoms with Crippen LogP contribution in [0.5, 0.6) is 0 Å². The van der Waals surface area contributed by atoms with Gasteiger partial charge in [0.2, 0.25) is 5.89 Å². The highest BCUT2D eigenvalue weighted by molar-refractivity contribution is 5.23. The fraction of sp³-hybridized carbons (Fsp3) is 0.857. The number of fused-ring (bicyclic) bond motifs is 2. The molecule has 1 N–H and O–H groups in total. The summed E-state index contributed by atoms with van der Waals surface area (Å²) in [6.07, 6.45) is 5.35. The molecule has 2 aliphatic rings. The SMILES string of the molecule is CN(C)c1noc(CN(CCO)[C@H]2C[C@H]3CC[C@H]2C3)n1. The van der Waals surface area contributed by atoms with Crippen LogP contribution in [0.1, 0.15) is 31.6 Å². The summed E-state index contributed by atoms with van der Waals surface area (Å²) in [4.78, 5) is 8.55. The highest BCUT2D eigenvalue weighted by Gasteiger charge is 2.42. The van der Waals surface area contributed by atoms with Crippen molar-refractivity contribution >= 4 is 5.95 Å². The Morgan fingerprint density at radius 2 is 2.15 bits per heavy atom. The molecule has 2 aliphatic carbocycles. The van der Waals surface area contributed by atoms with Gasteiger partial charge in [-0.15, -0.1) is 0 Å². The quantitative estimate of drug-likeness (QED) is 0.842. The Morgan fingerprint density at radius 1 is 1.30 bits per heavy atom. The van der Waals surface area contributed by atoms with E-state index in [4.69, 9.17) is 4.52 Å². The minimum absolute atomic E-state index is 0.183. The van der Waals surface area contributed by atoms with Gasteiger partial charge in [-0.2, -0.15) is 4.98 Å². The van der Waals surface area contributed by atoms with Gasteiger partial charge in [0, 0.05) is 26.7 Å². The van der Waals surface area contributed by atoms with Gasteiger partial charge in [0.15, 0.2) is 0 Å². The Morgan fingerprint density at radius 3 is 2.70 bits per heavy atom. The second kappa shape index (κ2) is 5.69. The Labute approximate surface area is 119 Å². The summed E-state index contributed by atoms with van der Waals surface area (Å²) in [6.45, 7) is 1.52. The zero-order chi connectivity index (χ0) is 14.1. The van der Waals surface area contributed by atoms with E-state index in [1.54, 1.807) is 0 Å². The van der Waals surface area contributed by atoms with Gasteiger partial charge in [0.1, 0.15) is 0 Å². The molecule has 1 aromatic heterocycles. The second-order valence-corrected chi connectivity index (χ2v) is 6.32. The largest absolute Gasteiger partial charge is 0.395 e. The van der Waals surface area contributed by atoms with Gasteiger partial charge in [-0.3, -0.25) is 4.90 Å². The number of hydrogen-bond acceptors (Lipinski definition) is 6. The monoisotopic (exact) mass is 280 g/mol. The first-order valence-corrected chi connectivity index (χ1v) is 7.52. The predicted molar refractivity (Wildman–Crippen MR) is 75.4 cm³/mol. The van der Waals surface area contributed by atoms with Crippen molar-refractivity contribution in [3.05, 3.63) is 5.89 Å². The second-order valence-electron chi connectivity index (χ2n) is 6.32.